The third kappa shape index (κ3) is 3.36. The minimum Gasteiger partial charge on any atom is -0.357 e. The number of aromatic nitrogens is 3. The fourth-order valence-corrected chi connectivity index (χ4v) is 1.94. The van der Waals surface area contributed by atoms with E-state index < -0.39 is 0 Å². The lowest BCUT2D eigenvalue weighted by atomic mass is 10.2. The second kappa shape index (κ2) is 6.04. The molecule has 2 N–H and O–H groups in total. The van der Waals surface area contributed by atoms with Gasteiger partial charge in [-0.1, -0.05) is 22.0 Å². The van der Waals surface area contributed by atoms with Crippen molar-refractivity contribution < 1.29 is 0 Å². The Kier molecular flexibility index (Phi) is 4.39. The zero-order chi connectivity index (χ0) is 14.7. The van der Waals surface area contributed by atoms with Crippen LogP contribution in [0.4, 0.5) is 23.5 Å². The number of nitrogens with one attached hydrogen (secondary N) is 2. The minimum absolute atomic E-state index is 0.509. The molecule has 7 heteroatoms. The van der Waals surface area contributed by atoms with Crippen molar-refractivity contribution in [1.29, 1.82) is 0 Å². The fourth-order valence-electron chi connectivity index (χ4n) is 1.58. The Hall–Kier alpha value is -1.89. The van der Waals surface area contributed by atoms with E-state index in [1.54, 1.807) is 7.05 Å². The van der Waals surface area contributed by atoms with E-state index in [1.165, 1.54) is 0 Å². The average Bonchev–Trinajstić information content (AvgIpc) is 2.42. The van der Waals surface area contributed by atoms with Crippen LogP contribution >= 0.6 is 15.9 Å². The SMILES string of the molecule is CNc1nc(Nc2cc(Br)ccc2C)nc(N(C)C)n1. The van der Waals surface area contributed by atoms with Crippen LogP contribution in [0.15, 0.2) is 22.7 Å². The molecule has 0 bridgehead atoms. The van der Waals surface area contributed by atoms with Gasteiger partial charge in [0.2, 0.25) is 17.8 Å². The molecule has 2 aromatic rings. The predicted molar refractivity (Wildman–Crippen MR) is 85.9 cm³/mol. The number of aryl methyl sites for hydroxylation is 1. The molecule has 1 aromatic heterocycles. The molecule has 0 spiro atoms. The Morgan fingerprint density at radius 1 is 1.10 bits per heavy atom. The summed E-state index contributed by atoms with van der Waals surface area (Å²) in [6, 6.07) is 6.02. The van der Waals surface area contributed by atoms with Crippen molar-refractivity contribution in [2.24, 2.45) is 0 Å². The van der Waals surface area contributed by atoms with Gasteiger partial charge in [-0.05, 0) is 24.6 Å². The number of rotatable bonds is 4. The molecular formula is C13H17BrN6. The van der Waals surface area contributed by atoms with E-state index >= 15 is 0 Å². The van der Waals surface area contributed by atoms with Gasteiger partial charge in [-0.15, -0.1) is 0 Å². The third-order valence-corrected chi connectivity index (χ3v) is 3.19. The second-order valence-corrected chi connectivity index (χ2v) is 5.43. The molecular weight excluding hydrogens is 320 g/mol. The molecule has 20 heavy (non-hydrogen) atoms. The summed E-state index contributed by atoms with van der Waals surface area (Å²) in [5, 5.41) is 6.16. The summed E-state index contributed by atoms with van der Waals surface area (Å²) in [5.41, 5.74) is 2.07. The first kappa shape index (κ1) is 14.5. The van der Waals surface area contributed by atoms with E-state index in [0.717, 1.165) is 15.7 Å². The fraction of sp³-hybridized carbons (Fsp3) is 0.308. The van der Waals surface area contributed by atoms with Gasteiger partial charge in [0, 0.05) is 31.3 Å². The van der Waals surface area contributed by atoms with Gasteiger partial charge in [0.05, 0.1) is 0 Å². The standard InChI is InChI=1S/C13H17BrN6/c1-8-5-6-9(14)7-10(8)16-12-17-11(15-2)18-13(19-12)20(3)4/h5-7H,1-4H3,(H2,15,16,17,18,19). The second-order valence-electron chi connectivity index (χ2n) is 4.51. The summed E-state index contributed by atoms with van der Waals surface area (Å²) in [5.74, 6) is 1.63. The van der Waals surface area contributed by atoms with Crippen LogP contribution in [-0.2, 0) is 0 Å². The predicted octanol–water partition coefficient (Wildman–Crippen LogP) is 2.79. The highest BCUT2D eigenvalue weighted by molar-refractivity contribution is 9.10. The van der Waals surface area contributed by atoms with Gasteiger partial charge in [0.15, 0.2) is 0 Å². The molecule has 0 radical (unpaired) electrons. The summed E-state index contributed by atoms with van der Waals surface area (Å²) in [7, 11) is 5.56. The van der Waals surface area contributed by atoms with E-state index in [1.807, 2.05) is 44.1 Å². The highest BCUT2D eigenvalue weighted by Gasteiger charge is 2.08. The molecule has 0 amide bonds. The molecule has 106 valence electrons. The van der Waals surface area contributed by atoms with Crippen molar-refractivity contribution >= 4 is 39.5 Å². The molecule has 0 aliphatic heterocycles. The molecule has 0 atom stereocenters. The lowest BCUT2D eigenvalue weighted by molar-refractivity contribution is 0.962. The van der Waals surface area contributed by atoms with Crippen molar-refractivity contribution in [3.05, 3.63) is 28.2 Å². The van der Waals surface area contributed by atoms with Gasteiger partial charge >= 0.3 is 0 Å². The first-order valence-corrected chi connectivity index (χ1v) is 6.93. The van der Waals surface area contributed by atoms with Gasteiger partial charge in [-0.25, -0.2) is 0 Å². The molecule has 0 aliphatic carbocycles. The van der Waals surface area contributed by atoms with Gasteiger partial charge in [-0.2, -0.15) is 15.0 Å². The van der Waals surface area contributed by atoms with E-state index in [-0.39, 0.29) is 0 Å². The Bertz CT molecular complexity index is 614. The topological polar surface area (TPSA) is 66.0 Å². The number of hydrogen-bond donors (Lipinski definition) is 2. The molecule has 0 saturated carbocycles. The van der Waals surface area contributed by atoms with Crippen LogP contribution in [0.2, 0.25) is 0 Å². The number of hydrogen-bond acceptors (Lipinski definition) is 6. The average molecular weight is 337 g/mol. The molecule has 0 aliphatic rings. The maximum absolute atomic E-state index is 4.38. The molecule has 1 aromatic carbocycles. The highest BCUT2D eigenvalue weighted by Crippen LogP contribution is 2.23. The van der Waals surface area contributed by atoms with E-state index in [0.29, 0.717) is 17.8 Å². The lowest BCUT2D eigenvalue weighted by Crippen LogP contribution is -2.15. The summed E-state index contributed by atoms with van der Waals surface area (Å²) in [6.07, 6.45) is 0. The quantitative estimate of drug-likeness (QED) is 0.894. The zero-order valence-electron chi connectivity index (χ0n) is 11.9. The Labute approximate surface area is 126 Å². The number of benzene rings is 1. The van der Waals surface area contributed by atoms with Crippen LogP contribution in [0.25, 0.3) is 0 Å². The first-order valence-electron chi connectivity index (χ1n) is 6.14. The van der Waals surface area contributed by atoms with E-state index in [2.05, 4.69) is 41.5 Å². The van der Waals surface area contributed by atoms with Crippen molar-refractivity contribution in [2.45, 2.75) is 6.92 Å². The molecule has 0 unspecified atom stereocenters. The number of halogens is 1. The van der Waals surface area contributed by atoms with Gasteiger partial charge in [0.25, 0.3) is 0 Å². The van der Waals surface area contributed by atoms with Crippen LogP contribution in [0.3, 0.4) is 0 Å². The Morgan fingerprint density at radius 3 is 2.45 bits per heavy atom. The number of nitrogens with zero attached hydrogens (tertiary/aromatic N) is 4. The molecule has 2 rings (SSSR count). The summed E-state index contributed by atoms with van der Waals surface area (Å²) in [4.78, 5) is 14.8. The van der Waals surface area contributed by atoms with Crippen LogP contribution in [-0.4, -0.2) is 36.1 Å². The molecule has 0 saturated heterocycles. The normalized spacial score (nSPS) is 10.2. The lowest BCUT2D eigenvalue weighted by Gasteiger charge is -2.14. The molecule has 6 nitrogen and oxygen atoms in total. The first-order chi connectivity index (χ1) is 9.49. The third-order valence-electron chi connectivity index (χ3n) is 2.69. The maximum atomic E-state index is 4.38. The van der Waals surface area contributed by atoms with Gasteiger partial charge in [0.1, 0.15) is 0 Å². The van der Waals surface area contributed by atoms with Crippen LogP contribution in [0, 0.1) is 6.92 Å². The zero-order valence-corrected chi connectivity index (χ0v) is 13.5. The van der Waals surface area contributed by atoms with E-state index in [9.17, 15) is 0 Å². The van der Waals surface area contributed by atoms with Crippen molar-refractivity contribution in [3.63, 3.8) is 0 Å². The summed E-state index contributed by atoms with van der Waals surface area (Å²) in [6.45, 7) is 2.03. The van der Waals surface area contributed by atoms with Crippen molar-refractivity contribution in [3.8, 4) is 0 Å². The number of anilines is 4. The largest absolute Gasteiger partial charge is 0.357 e. The maximum Gasteiger partial charge on any atom is 0.233 e. The van der Waals surface area contributed by atoms with Crippen molar-refractivity contribution in [2.75, 3.05) is 36.7 Å². The molecule has 0 fully saturated rings. The smallest absolute Gasteiger partial charge is 0.233 e. The Morgan fingerprint density at radius 2 is 1.80 bits per heavy atom. The van der Waals surface area contributed by atoms with E-state index in [4.69, 9.17) is 0 Å². The van der Waals surface area contributed by atoms with Crippen molar-refractivity contribution in [1.82, 2.24) is 15.0 Å². The van der Waals surface area contributed by atoms with Gasteiger partial charge < -0.3 is 15.5 Å². The summed E-state index contributed by atoms with van der Waals surface area (Å²) >= 11 is 3.46. The highest BCUT2D eigenvalue weighted by atomic mass is 79.9. The molecule has 1 heterocycles. The van der Waals surface area contributed by atoms with Crippen LogP contribution in [0.5, 0.6) is 0 Å². The summed E-state index contributed by atoms with van der Waals surface area (Å²) < 4.78 is 1.00. The van der Waals surface area contributed by atoms with Gasteiger partial charge in [-0.3, -0.25) is 0 Å². The Balaban J connectivity index is 2.37. The monoisotopic (exact) mass is 336 g/mol. The van der Waals surface area contributed by atoms with Crippen LogP contribution < -0.4 is 15.5 Å². The van der Waals surface area contributed by atoms with Crippen LogP contribution in [0.1, 0.15) is 5.56 Å². The minimum atomic E-state index is 0.509.